The van der Waals surface area contributed by atoms with Gasteiger partial charge in [-0.2, -0.15) is 0 Å². The molecular formula is C13H14Cl2FN. The maximum atomic E-state index is 13.1. The maximum absolute atomic E-state index is 13.1. The second-order valence-corrected chi connectivity index (χ2v) is 5.90. The summed E-state index contributed by atoms with van der Waals surface area (Å²) in [7, 11) is 0. The van der Waals surface area contributed by atoms with Crippen molar-refractivity contribution in [2.45, 2.75) is 31.7 Å². The van der Waals surface area contributed by atoms with Crippen molar-refractivity contribution in [3.05, 3.63) is 28.0 Å². The quantitative estimate of drug-likeness (QED) is 0.821. The molecule has 0 heterocycles. The fraction of sp³-hybridized carbons (Fsp3) is 0.538. The molecule has 2 aliphatic carbocycles. The molecule has 3 atom stereocenters. The fourth-order valence-electron chi connectivity index (χ4n) is 2.95. The van der Waals surface area contributed by atoms with Crippen LogP contribution in [0.5, 0.6) is 0 Å². The van der Waals surface area contributed by atoms with Crippen LogP contribution in [0.25, 0.3) is 0 Å². The van der Waals surface area contributed by atoms with Crippen molar-refractivity contribution in [3.8, 4) is 0 Å². The average Bonchev–Trinajstić information content (AvgIpc) is 3.02. The number of hydrogen-bond donors (Lipinski definition) is 1. The summed E-state index contributed by atoms with van der Waals surface area (Å²) in [5, 5.41) is 4.15. The van der Waals surface area contributed by atoms with Gasteiger partial charge in [0.15, 0.2) is 0 Å². The van der Waals surface area contributed by atoms with Crippen molar-refractivity contribution in [1.29, 1.82) is 0 Å². The van der Waals surface area contributed by atoms with E-state index in [0.717, 1.165) is 18.3 Å². The van der Waals surface area contributed by atoms with Crippen LogP contribution in [-0.4, -0.2) is 6.04 Å². The Labute approximate surface area is 110 Å². The minimum Gasteiger partial charge on any atom is -0.380 e. The molecule has 1 aromatic rings. The van der Waals surface area contributed by atoms with Gasteiger partial charge in [-0.05, 0) is 36.8 Å². The molecule has 1 N–H and O–H groups in total. The number of anilines is 1. The first-order valence-corrected chi connectivity index (χ1v) is 6.82. The largest absolute Gasteiger partial charge is 0.380 e. The second kappa shape index (κ2) is 4.33. The highest BCUT2D eigenvalue weighted by atomic mass is 35.5. The molecule has 2 saturated carbocycles. The van der Waals surface area contributed by atoms with Gasteiger partial charge in [0.05, 0.1) is 15.7 Å². The van der Waals surface area contributed by atoms with Gasteiger partial charge in [-0.1, -0.05) is 36.0 Å². The van der Waals surface area contributed by atoms with E-state index in [-0.39, 0.29) is 0 Å². The molecule has 1 aromatic carbocycles. The van der Waals surface area contributed by atoms with E-state index in [2.05, 4.69) is 5.32 Å². The first kappa shape index (κ1) is 11.6. The molecule has 2 aliphatic rings. The molecule has 92 valence electrons. The SMILES string of the molecule is Fc1cc(Cl)c(NC2CCC[C@H]3C[C@@H]23)c(Cl)c1. The zero-order valence-corrected chi connectivity index (χ0v) is 10.9. The average molecular weight is 274 g/mol. The normalized spacial score (nSPS) is 30.9. The van der Waals surface area contributed by atoms with E-state index in [0.29, 0.717) is 21.8 Å². The van der Waals surface area contributed by atoms with Gasteiger partial charge >= 0.3 is 0 Å². The molecule has 1 unspecified atom stereocenters. The summed E-state index contributed by atoms with van der Waals surface area (Å²) in [4.78, 5) is 0. The van der Waals surface area contributed by atoms with Gasteiger partial charge in [0, 0.05) is 6.04 Å². The van der Waals surface area contributed by atoms with Crippen molar-refractivity contribution in [2.75, 3.05) is 5.32 Å². The Morgan fingerprint density at radius 1 is 1.18 bits per heavy atom. The highest BCUT2D eigenvalue weighted by Crippen LogP contribution is 2.51. The minimum absolute atomic E-state index is 0.373. The highest BCUT2D eigenvalue weighted by molar-refractivity contribution is 6.39. The summed E-state index contributed by atoms with van der Waals surface area (Å²) in [5.74, 6) is 1.26. The number of halogens is 3. The lowest BCUT2D eigenvalue weighted by Crippen LogP contribution is -2.25. The smallest absolute Gasteiger partial charge is 0.126 e. The molecule has 0 radical (unpaired) electrons. The van der Waals surface area contributed by atoms with Gasteiger partial charge in [-0.15, -0.1) is 0 Å². The Balaban J connectivity index is 1.80. The van der Waals surface area contributed by atoms with Crippen LogP contribution in [0, 0.1) is 17.7 Å². The summed E-state index contributed by atoms with van der Waals surface area (Å²) in [6.07, 6.45) is 5.09. The third kappa shape index (κ3) is 2.25. The van der Waals surface area contributed by atoms with E-state index in [9.17, 15) is 4.39 Å². The third-order valence-electron chi connectivity index (χ3n) is 3.92. The fourth-order valence-corrected chi connectivity index (χ4v) is 3.52. The zero-order chi connectivity index (χ0) is 12.0. The molecule has 0 spiro atoms. The van der Waals surface area contributed by atoms with Gasteiger partial charge in [-0.25, -0.2) is 4.39 Å². The summed E-state index contributed by atoms with van der Waals surface area (Å²) < 4.78 is 13.1. The van der Waals surface area contributed by atoms with Crippen LogP contribution in [0.1, 0.15) is 25.7 Å². The first-order chi connectivity index (χ1) is 8.15. The summed E-state index contributed by atoms with van der Waals surface area (Å²) in [6, 6.07) is 3.07. The van der Waals surface area contributed by atoms with Crippen LogP contribution in [0.2, 0.25) is 10.0 Å². The lowest BCUT2D eigenvalue weighted by atomic mass is 9.95. The Kier molecular flexibility index (Phi) is 2.95. The number of fused-ring (bicyclic) bond motifs is 1. The molecule has 3 rings (SSSR count). The van der Waals surface area contributed by atoms with Gasteiger partial charge in [-0.3, -0.25) is 0 Å². The Hall–Kier alpha value is -0.470. The Bertz CT molecular complexity index is 426. The molecule has 0 amide bonds. The van der Waals surface area contributed by atoms with E-state index in [1.807, 2.05) is 0 Å². The molecule has 0 bridgehead atoms. The lowest BCUT2D eigenvalue weighted by Gasteiger charge is -2.24. The molecule has 0 saturated heterocycles. The highest BCUT2D eigenvalue weighted by Gasteiger charge is 2.45. The van der Waals surface area contributed by atoms with Crippen molar-refractivity contribution in [1.82, 2.24) is 0 Å². The Morgan fingerprint density at radius 3 is 2.59 bits per heavy atom. The standard InChI is InChI=1S/C13H14Cl2FN/c14-10-5-8(16)6-11(15)13(10)17-12-3-1-2-7-4-9(7)12/h5-7,9,12,17H,1-4H2/t7-,9+,12?/m0/s1. The van der Waals surface area contributed by atoms with Crippen LogP contribution in [0.3, 0.4) is 0 Å². The van der Waals surface area contributed by atoms with E-state index in [4.69, 9.17) is 23.2 Å². The maximum Gasteiger partial charge on any atom is 0.126 e. The van der Waals surface area contributed by atoms with Gasteiger partial charge in [0.2, 0.25) is 0 Å². The van der Waals surface area contributed by atoms with Crippen molar-refractivity contribution < 1.29 is 4.39 Å². The molecular weight excluding hydrogens is 260 g/mol. The van der Waals surface area contributed by atoms with E-state index < -0.39 is 5.82 Å². The van der Waals surface area contributed by atoms with Gasteiger partial charge in [0.1, 0.15) is 5.82 Å². The minimum atomic E-state index is -0.390. The van der Waals surface area contributed by atoms with Gasteiger partial charge in [0.25, 0.3) is 0 Å². The summed E-state index contributed by atoms with van der Waals surface area (Å²) in [5.41, 5.74) is 0.687. The Morgan fingerprint density at radius 2 is 1.88 bits per heavy atom. The lowest BCUT2D eigenvalue weighted by molar-refractivity contribution is 0.440. The topological polar surface area (TPSA) is 12.0 Å². The molecule has 0 aliphatic heterocycles. The number of hydrogen-bond acceptors (Lipinski definition) is 1. The second-order valence-electron chi connectivity index (χ2n) is 5.09. The summed E-state index contributed by atoms with van der Waals surface area (Å²) >= 11 is 12.1. The predicted molar refractivity (Wildman–Crippen MR) is 69.3 cm³/mol. The summed E-state index contributed by atoms with van der Waals surface area (Å²) in [6.45, 7) is 0. The van der Waals surface area contributed by atoms with E-state index in [1.165, 1.54) is 31.4 Å². The molecule has 1 nitrogen and oxygen atoms in total. The first-order valence-electron chi connectivity index (χ1n) is 6.06. The number of nitrogens with one attached hydrogen (secondary N) is 1. The van der Waals surface area contributed by atoms with Crippen LogP contribution in [0.4, 0.5) is 10.1 Å². The number of rotatable bonds is 2. The van der Waals surface area contributed by atoms with E-state index in [1.54, 1.807) is 0 Å². The zero-order valence-electron chi connectivity index (χ0n) is 9.35. The van der Waals surface area contributed by atoms with Crippen LogP contribution >= 0.6 is 23.2 Å². The predicted octanol–water partition coefficient (Wildman–Crippen LogP) is 4.73. The van der Waals surface area contributed by atoms with Crippen molar-refractivity contribution in [3.63, 3.8) is 0 Å². The van der Waals surface area contributed by atoms with Crippen LogP contribution < -0.4 is 5.32 Å². The molecule has 2 fully saturated rings. The third-order valence-corrected chi connectivity index (χ3v) is 4.52. The van der Waals surface area contributed by atoms with E-state index >= 15 is 0 Å². The van der Waals surface area contributed by atoms with Crippen molar-refractivity contribution in [2.24, 2.45) is 11.8 Å². The molecule has 17 heavy (non-hydrogen) atoms. The van der Waals surface area contributed by atoms with Crippen LogP contribution in [0.15, 0.2) is 12.1 Å². The van der Waals surface area contributed by atoms with Crippen LogP contribution in [-0.2, 0) is 0 Å². The number of benzene rings is 1. The molecule has 4 heteroatoms. The molecule has 0 aromatic heterocycles. The monoisotopic (exact) mass is 273 g/mol. The van der Waals surface area contributed by atoms with Gasteiger partial charge < -0.3 is 5.32 Å². The van der Waals surface area contributed by atoms with Crippen molar-refractivity contribution >= 4 is 28.9 Å².